The number of likely N-dealkylation sites (N-methyl/N-ethyl adjacent to an activating group) is 1. The standard InChI is InChI=1S/C15H25N3O3S/c1-3-17(4-2)10-11-18(15(16)19)12-13-22(20,21)14-8-6-5-7-9-14/h5-9H,3-4,10-13H2,1-2H3,(H2,16,19). The van der Waals surface area contributed by atoms with Crippen molar-refractivity contribution in [3.05, 3.63) is 30.3 Å². The molecule has 124 valence electrons. The number of sulfone groups is 1. The number of carbonyl (C=O) groups excluding carboxylic acids is 1. The molecule has 7 heteroatoms. The van der Waals surface area contributed by atoms with E-state index in [0.717, 1.165) is 13.1 Å². The number of benzene rings is 1. The van der Waals surface area contributed by atoms with E-state index in [-0.39, 0.29) is 17.2 Å². The van der Waals surface area contributed by atoms with Gasteiger partial charge in [0.2, 0.25) is 0 Å². The lowest BCUT2D eigenvalue weighted by atomic mass is 10.4. The Morgan fingerprint density at radius 1 is 1.05 bits per heavy atom. The summed E-state index contributed by atoms with van der Waals surface area (Å²) in [6.07, 6.45) is 0. The molecule has 0 atom stereocenters. The molecule has 1 aromatic carbocycles. The highest BCUT2D eigenvalue weighted by atomic mass is 32.2. The Kier molecular flexibility index (Phi) is 7.34. The maximum atomic E-state index is 12.2. The average molecular weight is 327 g/mol. The quantitative estimate of drug-likeness (QED) is 0.738. The van der Waals surface area contributed by atoms with E-state index in [1.54, 1.807) is 30.3 Å². The van der Waals surface area contributed by atoms with E-state index in [0.29, 0.717) is 13.1 Å². The number of nitrogens with zero attached hydrogens (tertiary/aromatic N) is 2. The number of hydrogen-bond donors (Lipinski definition) is 1. The number of rotatable bonds is 9. The summed E-state index contributed by atoms with van der Waals surface area (Å²) in [4.78, 5) is 15.3. The van der Waals surface area contributed by atoms with Gasteiger partial charge in [-0.2, -0.15) is 0 Å². The molecule has 22 heavy (non-hydrogen) atoms. The van der Waals surface area contributed by atoms with Crippen LogP contribution in [0.4, 0.5) is 4.79 Å². The van der Waals surface area contributed by atoms with E-state index in [1.807, 2.05) is 13.8 Å². The minimum atomic E-state index is -3.40. The third-order valence-electron chi connectivity index (χ3n) is 3.62. The largest absolute Gasteiger partial charge is 0.351 e. The number of urea groups is 1. The maximum absolute atomic E-state index is 12.2. The van der Waals surface area contributed by atoms with Crippen LogP contribution in [0.25, 0.3) is 0 Å². The lowest BCUT2D eigenvalue weighted by Gasteiger charge is -2.25. The smallest absolute Gasteiger partial charge is 0.314 e. The molecule has 2 N–H and O–H groups in total. The van der Waals surface area contributed by atoms with E-state index < -0.39 is 15.9 Å². The second-order valence-electron chi connectivity index (χ2n) is 4.98. The van der Waals surface area contributed by atoms with Crippen molar-refractivity contribution in [3.63, 3.8) is 0 Å². The molecule has 6 nitrogen and oxygen atoms in total. The van der Waals surface area contributed by atoms with E-state index in [4.69, 9.17) is 5.73 Å². The topological polar surface area (TPSA) is 83.7 Å². The van der Waals surface area contributed by atoms with Crippen LogP contribution < -0.4 is 5.73 Å². The molecule has 0 saturated heterocycles. The maximum Gasteiger partial charge on any atom is 0.314 e. The molecule has 0 bridgehead atoms. The second-order valence-corrected chi connectivity index (χ2v) is 7.09. The van der Waals surface area contributed by atoms with E-state index in [1.165, 1.54) is 4.90 Å². The summed E-state index contributed by atoms with van der Waals surface area (Å²) >= 11 is 0. The zero-order valence-corrected chi connectivity index (χ0v) is 14.1. The fourth-order valence-corrected chi connectivity index (χ4v) is 3.38. The molecule has 0 radical (unpaired) electrons. The van der Waals surface area contributed by atoms with Crippen molar-refractivity contribution < 1.29 is 13.2 Å². The summed E-state index contributed by atoms with van der Waals surface area (Å²) in [6.45, 7) is 7.06. The van der Waals surface area contributed by atoms with Crippen molar-refractivity contribution >= 4 is 15.9 Å². The van der Waals surface area contributed by atoms with Gasteiger partial charge in [-0.3, -0.25) is 0 Å². The lowest BCUT2D eigenvalue weighted by Crippen LogP contribution is -2.43. The van der Waals surface area contributed by atoms with Gasteiger partial charge in [0.05, 0.1) is 10.6 Å². The van der Waals surface area contributed by atoms with Crippen LogP contribution in [0.2, 0.25) is 0 Å². The van der Waals surface area contributed by atoms with Crippen molar-refractivity contribution in [2.45, 2.75) is 18.7 Å². The molecule has 0 heterocycles. The Balaban J connectivity index is 2.63. The van der Waals surface area contributed by atoms with Gasteiger partial charge < -0.3 is 15.5 Å². The Labute approximate surface area is 132 Å². The fraction of sp³-hybridized carbons (Fsp3) is 0.533. The number of amides is 2. The normalized spacial score (nSPS) is 11.6. The molecule has 0 aliphatic heterocycles. The number of carbonyl (C=O) groups is 1. The van der Waals surface area contributed by atoms with Gasteiger partial charge >= 0.3 is 6.03 Å². The average Bonchev–Trinajstić information content (AvgIpc) is 2.51. The number of hydrogen-bond acceptors (Lipinski definition) is 4. The van der Waals surface area contributed by atoms with Crippen LogP contribution in [-0.2, 0) is 9.84 Å². The highest BCUT2D eigenvalue weighted by Crippen LogP contribution is 2.10. The number of primary amides is 1. The van der Waals surface area contributed by atoms with Crippen LogP contribution in [0.15, 0.2) is 35.2 Å². The molecule has 0 spiro atoms. The van der Waals surface area contributed by atoms with Crippen molar-refractivity contribution in [1.82, 2.24) is 9.80 Å². The summed E-state index contributed by atoms with van der Waals surface area (Å²) in [5, 5.41) is 0. The predicted molar refractivity (Wildman–Crippen MR) is 87.4 cm³/mol. The highest BCUT2D eigenvalue weighted by molar-refractivity contribution is 7.91. The molecule has 1 rings (SSSR count). The molecule has 0 aliphatic rings. The molecular formula is C15H25N3O3S. The SMILES string of the molecule is CCN(CC)CCN(CCS(=O)(=O)c1ccccc1)C(N)=O. The zero-order chi connectivity index (χ0) is 16.6. The fourth-order valence-electron chi connectivity index (χ4n) is 2.11. The highest BCUT2D eigenvalue weighted by Gasteiger charge is 2.18. The van der Waals surface area contributed by atoms with Crippen molar-refractivity contribution in [2.24, 2.45) is 5.73 Å². The van der Waals surface area contributed by atoms with Crippen LogP contribution >= 0.6 is 0 Å². The van der Waals surface area contributed by atoms with Crippen molar-refractivity contribution in [3.8, 4) is 0 Å². The van der Waals surface area contributed by atoms with E-state index in [9.17, 15) is 13.2 Å². The molecule has 2 amide bonds. The van der Waals surface area contributed by atoms with Crippen molar-refractivity contribution in [1.29, 1.82) is 0 Å². The molecule has 0 saturated carbocycles. The van der Waals surface area contributed by atoms with Gasteiger partial charge in [0.1, 0.15) is 0 Å². The van der Waals surface area contributed by atoms with Gasteiger partial charge in [-0.25, -0.2) is 13.2 Å². The van der Waals surface area contributed by atoms with Crippen LogP contribution in [-0.4, -0.2) is 62.7 Å². The Hall–Kier alpha value is -1.60. The molecule has 0 fully saturated rings. The summed E-state index contributed by atoms with van der Waals surface area (Å²) < 4.78 is 24.4. The monoisotopic (exact) mass is 327 g/mol. The third kappa shape index (κ3) is 5.65. The second kappa shape index (κ2) is 8.75. The molecule has 1 aromatic rings. The van der Waals surface area contributed by atoms with Crippen LogP contribution in [0.1, 0.15) is 13.8 Å². The van der Waals surface area contributed by atoms with Gasteiger partial charge in [0.15, 0.2) is 9.84 Å². The van der Waals surface area contributed by atoms with Gasteiger partial charge in [0.25, 0.3) is 0 Å². The summed E-state index contributed by atoms with van der Waals surface area (Å²) in [5.41, 5.74) is 5.35. The minimum absolute atomic E-state index is 0.105. The van der Waals surface area contributed by atoms with E-state index in [2.05, 4.69) is 4.90 Å². The Bertz CT molecular complexity index is 557. The minimum Gasteiger partial charge on any atom is -0.351 e. The summed E-state index contributed by atoms with van der Waals surface area (Å²) in [7, 11) is -3.40. The number of nitrogens with two attached hydrogens (primary N) is 1. The Morgan fingerprint density at radius 3 is 2.14 bits per heavy atom. The first kappa shape index (κ1) is 18.4. The van der Waals surface area contributed by atoms with E-state index >= 15 is 0 Å². The van der Waals surface area contributed by atoms with Crippen LogP contribution in [0, 0.1) is 0 Å². The van der Waals surface area contributed by atoms with Gasteiger partial charge in [-0.05, 0) is 25.2 Å². The van der Waals surface area contributed by atoms with Gasteiger partial charge in [-0.15, -0.1) is 0 Å². The van der Waals surface area contributed by atoms with Crippen LogP contribution in [0.5, 0.6) is 0 Å². The zero-order valence-electron chi connectivity index (χ0n) is 13.2. The first-order chi connectivity index (χ1) is 10.4. The molecule has 0 unspecified atom stereocenters. The van der Waals surface area contributed by atoms with Crippen molar-refractivity contribution in [2.75, 3.05) is 38.5 Å². The third-order valence-corrected chi connectivity index (χ3v) is 5.33. The van der Waals surface area contributed by atoms with Gasteiger partial charge in [0, 0.05) is 19.6 Å². The Morgan fingerprint density at radius 2 is 1.64 bits per heavy atom. The first-order valence-corrected chi connectivity index (χ1v) is 9.10. The first-order valence-electron chi connectivity index (χ1n) is 7.45. The van der Waals surface area contributed by atoms with Crippen LogP contribution in [0.3, 0.4) is 0 Å². The summed E-state index contributed by atoms with van der Waals surface area (Å²) in [5.74, 6) is -0.127. The molecule has 0 aromatic heterocycles. The summed E-state index contributed by atoms with van der Waals surface area (Å²) in [6, 6.07) is 7.65. The molecular weight excluding hydrogens is 302 g/mol. The lowest BCUT2D eigenvalue weighted by molar-refractivity contribution is 0.197. The van der Waals surface area contributed by atoms with Gasteiger partial charge in [-0.1, -0.05) is 32.0 Å². The predicted octanol–water partition coefficient (Wildman–Crippen LogP) is 1.18. The molecule has 0 aliphatic carbocycles.